The fourth-order valence-electron chi connectivity index (χ4n) is 1.83. The van der Waals surface area contributed by atoms with Gasteiger partial charge in [-0.1, -0.05) is 0 Å². The van der Waals surface area contributed by atoms with Gasteiger partial charge >= 0.3 is 0 Å². The first kappa shape index (κ1) is 11.6. The Morgan fingerprint density at radius 3 is 2.63 bits per heavy atom. The summed E-state index contributed by atoms with van der Waals surface area (Å²) >= 11 is 1.03. The Morgan fingerprint density at radius 1 is 1.21 bits per heavy atom. The van der Waals surface area contributed by atoms with Crippen LogP contribution in [-0.4, -0.2) is 15.9 Å². The van der Waals surface area contributed by atoms with E-state index in [1.165, 1.54) is 0 Å². The summed E-state index contributed by atoms with van der Waals surface area (Å²) in [5.41, 5.74) is 7.65. The number of carbonyl (C=O) groups is 1. The van der Waals surface area contributed by atoms with Gasteiger partial charge in [-0.25, -0.2) is 4.98 Å². The molecular weight excluding hydrogens is 262 g/mol. The number of aromatic nitrogens is 2. The Kier molecular flexibility index (Phi) is 2.64. The fraction of sp³-hybridized carbons (Fsp3) is 0. The highest BCUT2D eigenvalue weighted by Gasteiger charge is 2.12. The van der Waals surface area contributed by atoms with Crippen LogP contribution in [0.4, 0.5) is 5.69 Å². The Labute approximate surface area is 112 Å². The number of carboxylic acid groups (broad SMARTS) is 1. The van der Waals surface area contributed by atoms with Crippen LogP contribution < -0.4 is 10.8 Å². The summed E-state index contributed by atoms with van der Waals surface area (Å²) in [5.74, 6) is -1.27. The minimum atomic E-state index is -1.27. The number of nitrogen functional groups attached to an aromatic ring is 1. The third-order valence-corrected chi connectivity index (χ3v) is 3.85. The van der Waals surface area contributed by atoms with Crippen LogP contribution in [0.25, 0.3) is 21.5 Å². The molecule has 3 rings (SSSR count). The number of carboxylic acids is 1. The maximum Gasteiger partial charge on any atom is 0.126 e. The third-order valence-electron chi connectivity index (χ3n) is 2.76. The number of nitrogens with two attached hydrogens (primary N) is 1. The van der Waals surface area contributed by atoms with Crippen LogP contribution in [0.5, 0.6) is 0 Å². The van der Waals surface area contributed by atoms with Gasteiger partial charge in [0.25, 0.3) is 0 Å². The smallest absolute Gasteiger partial charge is 0.126 e. The maximum atomic E-state index is 10.9. The van der Waals surface area contributed by atoms with Crippen LogP contribution in [0.15, 0.2) is 36.7 Å². The van der Waals surface area contributed by atoms with Gasteiger partial charge < -0.3 is 15.6 Å². The number of hydrogen-bond acceptors (Lipinski definition) is 6. The lowest BCUT2D eigenvalue weighted by Gasteiger charge is -2.00. The van der Waals surface area contributed by atoms with Crippen LogP contribution >= 0.6 is 11.3 Å². The molecule has 0 spiro atoms. The second-order valence-corrected chi connectivity index (χ2v) is 4.92. The van der Waals surface area contributed by atoms with Crippen molar-refractivity contribution in [1.29, 1.82) is 0 Å². The molecule has 0 aliphatic carbocycles. The Bertz CT molecular complexity index is 768. The third kappa shape index (κ3) is 1.92. The van der Waals surface area contributed by atoms with Crippen molar-refractivity contribution in [3.8, 4) is 11.3 Å². The lowest BCUT2D eigenvalue weighted by molar-refractivity contribution is -0.254. The Balaban J connectivity index is 2.19. The van der Waals surface area contributed by atoms with E-state index in [0.717, 1.165) is 22.6 Å². The molecule has 0 atom stereocenters. The van der Waals surface area contributed by atoms with Crippen molar-refractivity contribution in [3.63, 3.8) is 0 Å². The van der Waals surface area contributed by atoms with Gasteiger partial charge in [0.05, 0.1) is 22.2 Å². The van der Waals surface area contributed by atoms with Crippen molar-refractivity contribution < 1.29 is 9.90 Å². The molecule has 0 amide bonds. The van der Waals surface area contributed by atoms with E-state index in [1.54, 1.807) is 24.5 Å². The van der Waals surface area contributed by atoms with Gasteiger partial charge in [0, 0.05) is 23.3 Å². The molecule has 3 aromatic rings. The highest BCUT2D eigenvalue weighted by molar-refractivity contribution is 7.21. The summed E-state index contributed by atoms with van der Waals surface area (Å²) < 4.78 is 0. The summed E-state index contributed by atoms with van der Waals surface area (Å²) in [6.45, 7) is 0. The van der Waals surface area contributed by atoms with Gasteiger partial charge in [-0.2, -0.15) is 0 Å². The molecule has 0 fully saturated rings. The molecule has 0 saturated carbocycles. The van der Waals surface area contributed by atoms with E-state index in [1.807, 2.05) is 12.1 Å². The second kappa shape index (κ2) is 4.33. The molecule has 6 heteroatoms. The predicted molar refractivity (Wildman–Crippen MR) is 71.6 cm³/mol. The zero-order valence-corrected chi connectivity index (χ0v) is 10.5. The number of fused-ring (bicyclic) bond motifs is 1. The minimum absolute atomic E-state index is 0.0226. The number of anilines is 1. The summed E-state index contributed by atoms with van der Waals surface area (Å²) in [4.78, 5) is 19.9. The molecule has 0 aliphatic heterocycles. The van der Waals surface area contributed by atoms with Crippen molar-refractivity contribution in [2.45, 2.75) is 0 Å². The molecule has 0 aliphatic rings. The first-order valence-corrected chi connectivity index (χ1v) is 6.29. The quantitative estimate of drug-likeness (QED) is 0.757. The van der Waals surface area contributed by atoms with Crippen molar-refractivity contribution in [3.05, 3.63) is 41.5 Å². The monoisotopic (exact) mass is 270 g/mol. The van der Waals surface area contributed by atoms with Crippen molar-refractivity contribution in [2.75, 3.05) is 5.73 Å². The molecule has 3 heterocycles. The molecule has 5 nitrogen and oxygen atoms in total. The van der Waals surface area contributed by atoms with Gasteiger partial charge in [0.15, 0.2) is 0 Å². The van der Waals surface area contributed by atoms with Crippen molar-refractivity contribution in [2.24, 2.45) is 0 Å². The largest absolute Gasteiger partial charge is 0.544 e. The summed E-state index contributed by atoms with van der Waals surface area (Å²) in [5, 5.41) is 11.6. The number of carbonyl (C=O) groups excluding carboxylic acids is 1. The Morgan fingerprint density at radius 2 is 1.95 bits per heavy atom. The number of hydrogen-bond donors (Lipinski definition) is 1. The van der Waals surface area contributed by atoms with Gasteiger partial charge in [0.1, 0.15) is 4.83 Å². The Hall–Kier alpha value is -2.47. The SMILES string of the molecule is Nc1c(C(=O)[O-])sc2nc(-c3ccncc3)ccc12. The second-order valence-electron chi connectivity index (χ2n) is 3.92. The molecular formula is C13H8N3O2S-. The highest BCUT2D eigenvalue weighted by Crippen LogP contribution is 2.33. The summed E-state index contributed by atoms with van der Waals surface area (Å²) in [7, 11) is 0. The van der Waals surface area contributed by atoms with Crippen LogP contribution in [-0.2, 0) is 0 Å². The average molecular weight is 270 g/mol. The van der Waals surface area contributed by atoms with Crippen LogP contribution in [0.2, 0.25) is 0 Å². The van der Waals surface area contributed by atoms with E-state index in [0.29, 0.717) is 10.2 Å². The normalized spacial score (nSPS) is 10.7. The molecule has 2 N–H and O–H groups in total. The summed E-state index contributed by atoms with van der Waals surface area (Å²) in [6.07, 6.45) is 3.35. The van der Waals surface area contributed by atoms with E-state index >= 15 is 0 Å². The fourth-order valence-corrected chi connectivity index (χ4v) is 2.76. The molecule has 19 heavy (non-hydrogen) atoms. The zero-order valence-electron chi connectivity index (χ0n) is 9.66. The average Bonchev–Trinajstić information content (AvgIpc) is 2.77. The molecule has 0 radical (unpaired) electrons. The number of pyridine rings is 2. The van der Waals surface area contributed by atoms with E-state index in [2.05, 4.69) is 9.97 Å². The lowest BCUT2D eigenvalue weighted by atomic mass is 10.1. The summed E-state index contributed by atoms with van der Waals surface area (Å²) in [6, 6.07) is 7.26. The molecule has 3 aromatic heterocycles. The zero-order chi connectivity index (χ0) is 13.4. The number of thiophene rings is 1. The number of nitrogens with zero attached hydrogens (tertiary/aromatic N) is 2. The number of aromatic carboxylic acids is 1. The first-order valence-electron chi connectivity index (χ1n) is 5.47. The standard InChI is InChI=1S/C13H9N3O2S/c14-10-8-1-2-9(7-3-5-15-6-4-7)16-12(8)19-11(10)13(17)18/h1-6H,14H2,(H,17,18)/p-1. The topological polar surface area (TPSA) is 91.9 Å². The molecule has 0 unspecified atom stereocenters. The van der Waals surface area contributed by atoms with E-state index in [-0.39, 0.29) is 10.6 Å². The van der Waals surface area contributed by atoms with Gasteiger partial charge in [-0.05, 0) is 24.3 Å². The molecule has 0 saturated heterocycles. The van der Waals surface area contributed by atoms with E-state index in [9.17, 15) is 9.90 Å². The first-order chi connectivity index (χ1) is 9.16. The van der Waals surface area contributed by atoms with E-state index < -0.39 is 5.97 Å². The van der Waals surface area contributed by atoms with Crippen LogP contribution in [0.1, 0.15) is 9.67 Å². The molecule has 0 bridgehead atoms. The minimum Gasteiger partial charge on any atom is -0.544 e. The van der Waals surface area contributed by atoms with Gasteiger partial charge in [0.2, 0.25) is 0 Å². The van der Waals surface area contributed by atoms with Crippen LogP contribution in [0.3, 0.4) is 0 Å². The molecule has 0 aromatic carbocycles. The lowest BCUT2D eigenvalue weighted by Crippen LogP contribution is -2.21. The number of rotatable bonds is 2. The molecule has 94 valence electrons. The van der Waals surface area contributed by atoms with Crippen molar-refractivity contribution >= 4 is 33.2 Å². The van der Waals surface area contributed by atoms with E-state index in [4.69, 9.17) is 5.73 Å². The van der Waals surface area contributed by atoms with Gasteiger partial charge in [-0.15, -0.1) is 11.3 Å². The van der Waals surface area contributed by atoms with Crippen molar-refractivity contribution in [1.82, 2.24) is 9.97 Å². The highest BCUT2D eigenvalue weighted by atomic mass is 32.1. The van der Waals surface area contributed by atoms with Gasteiger partial charge in [-0.3, -0.25) is 4.98 Å². The maximum absolute atomic E-state index is 10.9. The van der Waals surface area contributed by atoms with Crippen LogP contribution in [0, 0.1) is 0 Å². The predicted octanol–water partition coefficient (Wildman–Crippen LogP) is 1.30.